The average Bonchev–Trinajstić information content (AvgIpc) is 2.77. The molecule has 0 aromatic carbocycles. The minimum atomic E-state index is -2.96. The van der Waals surface area contributed by atoms with E-state index >= 15 is 0 Å². The molecular formula is C11H18ClN3O2S. The Hall–Kier alpha value is -0.620. The number of sulfone groups is 1. The van der Waals surface area contributed by atoms with E-state index in [1.807, 2.05) is 13.1 Å². The third kappa shape index (κ3) is 3.03. The van der Waals surface area contributed by atoms with Crippen LogP contribution in [0.25, 0.3) is 0 Å². The van der Waals surface area contributed by atoms with Gasteiger partial charge in [-0.15, -0.1) is 16.7 Å². The number of hydrogen-bond donors (Lipinski definition) is 0. The van der Waals surface area contributed by atoms with Gasteiger partial charge in [-0.05, 0) is 26.2 Å². The van der Waals surface area contributed by atoms with Crippen LogP contribution in [0, 0.1) is 0 Å². The Bertz CT molecular complexity index is 512. The second kappa shape index (κ2) is 5.17. The van der Waals surface area contributed by atoms with Crippen LogP contribution in [0.2, 0.25) is 0 Å². The first-order chi connectivity index (χ1) is 8.38. The van der Waals surface area contributed by atoms with E-state index in [0.29, 0.717) is 6.42 Å². The molecule has 0 aliphatic heterocycles. The summed E-state index contributed by atoms with van der Waals surface area (Å²) >= 11 is 5.94. The number of rotatable bonds is 3. The SMILES string of the molecule is CC(Cl)c1cn(C2CCCC(S(C)(=O)=O)C2)nn1. The van der Waals surface area contributed by atoms with Crippen molar-refractivity contribution in [2.45, 2.75) is 49.3 Å². The van der Waals surface area contributed by atoms with Crippen molar-refractivity contribution < 1.29 is 8.42 Å². The Morgan fingerprint density at radius 2 is 2.22 bits per heavy atom. The van der Waals surface area contributed by atoms with Crippen LogP contribution < -0.4 is 0 Å². The van der Waals surface area contributed by atoms with E-state index in [0.717, 1.165) is 25.0 Å². The lowest BCUT2D eigenvalue weighted by atomic mass is 9.95. The van der Waals surface area contributed by atoms with Gasteiger partial charge in [-0.2, -0.15) is 0 Å². The third-order valence-electron chi connectivity index (χ3n) is 3.51. The number of nitrogens with zero attached hydrogens (tertiary/aromatic N) is 3. The fraction of sp³-hybridized carbons (Fsp3) is 0.818. The summed E-state index contributed by atoms with van der Waals surface area (Å²) in [5, 5.41) is 7.65. The predicted octanol–water partition coefficient (Wildman–Crippen LogP) is 2.11. The van der Waals surface area contributed by atoms with Crippen LogP contribution in [0.1, 0.15) is 49.7 Å². The molecule has 0 saturated heterocycles. The number of aromatic nitrogens is 3. The lowest BCUT2D eigenvalue weighted by Gasteiger charge is -2.27. The second-order valence-electron chi connectivity index (χ2n) is 5.01. The fourth-order valence-electron chi connectivity index (χ4n) is 2.40. The zero-order chi connectivity index (χ0) is 13.3. The minimum Gasteiger partial charge on any atom is -0.249 e. The summed E-state index contributed by atoms with van der Waals surface area (Å²) in [7, 11) is -2.96. The molecule has 5 nitrogen and oxygen atoms in total. The smallest absolute Gasteiger partial charge is 0.150 e. The summed E-state index contributed by atoms with van der Waals surface area (Å²) in [5.41, 5.74) is 0.734. The maximum absolute atomic E-state index is 11.6. The molecule has 1 aliphatic rings. The Morgan fingerprint density at radius 1 is 1.50 bits per heavy atom. The van der Waals surface area contributed by atoms with Gasteiger partial charge in [0.15, 0.2) is 0 Å². The zero-order valence-electron chi connectivity index (χ0n) is 10.6. The van der Waals surface area contributed by atoms with Gasteiger partial charge in [0.2, 0.25) is 0 Å². The summed E-state index contributed by atoms with van der Waals surface area (Å²) < 4.78 is 25.0. The minimum absolute atomic E-state index is 0.121. The van der Waals surface area contributed by atoms with E-state index in [9.17, 15) is 8.42 Å². The van der Waals surface area contributed by atoms with Gasteiger partial charge in [0.25, 0.3) is 0 Å². The van der Waals surface area contributed by atoms with Gasteiger partial charge in [-0.1, -0.05) is 11.6 Å². The molecule has 2 rings (SSSR count). The maximum atomic E-state index is 11.6. The fourth-order valence-corrected chi connectivity index (χ4v) is 3.67. The maximum Gasteiger partial charge on any atom is 0.150 e. The molecule has 102 valence electrons. The first-order valence-electron chi connectivity index (χ1n) is 6.12. The summed E-state index contributed by atoms with van der Waals surface area (Å²) in [6, 6.07) is 0.121. The van der Waals surface area contributed by atoms with E-state index in [1.165, 1.54) is 6.26 Å². The zero-order valence-corrected chi connectivity index (χ0v) is 12.2. The van der Waals surface area contributed by atoms with E-state index in [-0.39, 0.29) is 16.7 Å². The number of halogens is 1. The van der Waals surface area contributed by atoms with Crippen molar-refractivity contribution in [1.29, 1.82) is 0 Å². The van der Waals surface area contributed by atoms with Gasteiger partial charge in [-0.3, -0.25) is 0 Å². The molecule has 0 bridgehead atoms. The largest absolute Gasteiger partial charge is 0.249 e. The molecule has 0 N–H and O–H groups in total. The molecule has 1 aliphatic carbocycles. The van der Waals surface area contributed by atoms with Crippen LogP contribution in [0.3, 0.4) is 0 Å². The molecule has 3 unspecified atom stereocenters. The van der Waals surface area contributed by atoms with Gasteiger partial charge in [0, 0.05) is 6.26 Å². The van der Waals surface area contributed by atoms with E-state index in [4.69, 9.17) is 11.6 Å². The molecule has 0 radical (unpaired) electrons. The van der Waals surface area contributed by atoms with Crippen molar-refractivity contribution in [3.05, 3.63) is 11.9 Å². The highest BCUT2D eigenvalue weighted by atomic mass is 35.5. The Morgan fingerprint density at radius 3 is 2.78 bits per heavy atom. The van der Waals surface area contributed by atoms with Crippen molar-refractivity contribution in [3.63, 3.8) is 0 Å². The molecule has 7 heteroatoms. The summed E-state index contributed by atoms with van der Waals surface area (Å²) in [6.07, 6.45) is 6.38. The highest BCUT2D eigenvalue weighted by Crippen LogP contribution is 2.32. The van der Waals surface area contributed by atoms with Gasteiger partial charge < -0.3 is 0 Å². The molecule has 1 aromatic rings. The van der Waals surface area contributed by atoms with E-state index in [2.05, 4.69) is 10.3 Å². The van der Waals surface area contributed by atoms with Crippen molar-refractivity contribution in [1.82, 2.24) is 15.0 Å². The molecular weight excluding hydrogens is 274 g/mol. The van der Waals surface area contributed by atoms with Crippen molar-refractivity contribution in [2.75, 3.05) is 6.26 Å². The Balaban J connectivity index is 2.13. The van der Waals surface area contributed by atoms with Crippen molar-refractivity contribution in [3.8, 4) is 0 Å². The van der Waals surface area contributed by atoms with Gasteiger partial charge in [-0.25, -0.2) is 13.1 Å². The second-order valence-corrected chi connectivity index (χ2v) is 7.99. The lowest BCUT2D eigenvalue weighted by molar-refractivity contribution is 0.324. The average molecular weight is 292 g/mol. The first-order valence-corrected chi connectivity index (χ1v) is 8.51. The molecule has 1 heterocycles. The van der Waals surface area contributed by atoms with Crippen molar-refractivity contribution in [2.24, 2.45) is 0 Å². The normalized spacial score (nSPS) is 27.1. The Kier molecular flexibility index (Phi) is 3.96. The summed E-state index contributed by atoms with van der Waals surface area (Å²) in [6.45, 7) is 1.84. The molecule has 18 heavy (non-hydrogen) atoms. The van der Waals surface area contributed by atoms with Crippen LogP contribution in [-0.2, 0) is 9.84 Å². The molecule has 1 fully saturated rings. The highest BCUT2D eigenvalue weighted by molar-refractivity contribution is 7.91. The third-order valence-corrected chi connectivity index (χ3v) is 5.38. The number of alkyl halides is 1. The van der Waals surface area contributed by atoms with Gasteiger partial charge in [0.05, 0.1) is 22.9 Å². The quantitative estimate of drug-likeness (QED) is 0.800. The summed E-state index contributed by atoms with van der Waals surface area (Å²) in [5.74, 6) is 0. The monoisotopic (exact) mass is 291 g/mol. The Labute approximate surface area is 112 Å². The molecule has 0 amide bonds. The molecule has 3 atom stereocenters. The molecule has 0 spiro atoms. The van der Waals surface area contributed by atoms with Crippen LogP contribution in [0.15, 0.2) is 6.20 Å². The summed E-state index contributed by atoms with van der Waals surface area (Å²) in [4.78, 5) is 0. The lowest BCUT2D eigenvalue weighted by Crippen LogP contribution is -2.29. The van der Waals surface area contributed by atoms with Gasteiger partial charge >= 0.3 is 0 Å². The molecule has 1 saturated carbocycles. The van der Waals surface area contributed by atoms with Crippen LogP contribution >= 0.6 is 11.6 Å². The standard InChI is InChI=1S/C11H18ClN3O2S/c1-8(12)11-7-15(14-13-11)9-4-3-5-10(6-9)18(2,16)17/h7-10H,3-6H2,1-2H3. The topological polar surface area (TPSA) is 64.8 Å². The van der Waals surface area contributed by atoms with Crippen LogP contribution in [0.4, 0.5) is 0 Å². The first kappa shape index (κ1) is 13.8. The highest BCUT2D eigenvalue weighted by Gasteiger charge is 2.30. The van der Waals surface area contributed by atoms with E-state index < -0.39 is 9.84 Å². The van der Waals surface area contributed by atoms with Gasteiger partial charge in [0.1, 0.15) is 15.5 Å². The van der Waals surface area contributed by atoms with Crippen LogP contribution in [-0.4, -0.2) is 34.9 Å². The predicted molar refractivity (Wildman–Crippen MR) is 70.4 cm³/mol. The van der Waals surface area contributed by atoms with Crippen LogP contribution in [0.5, 0.6) is 0 Å². The molecule has 1 aromatic heterocycles. The van der Waals surface area contributed by atoms with E-state index in [1.54, 1.807) is 4.68 Å². The number of hydrogen-bond acceptors (Lipinski definition) is 4. The van der Waals surface area contributed by atoms with Crippen molar-refractivity contribution >= 4 is 21.4 Å².